The van der Waals surface area contributed by atoms with Gasteiger partial charge >= 0.3 is 0 Å². The number of alkyl halides is 1. The summed E-state index contributed by atoms with van der Waals surface area (Å²) < 4.78 is 24.6. The van der Waals surface area contributed by atoms with Crippen LogP contribution in [0.4, 0.5) is 5.69 Å². The van der Waals surface area contributed by atoms with Crippen LogP contribution in [0.3, 0.4) is 0 Å². The number of hydrogen-bond donors (Lipinski definition) is 2. The summed E-state index contributed by atoms with van der Waals surface area (Å²) in [6.45, 7) is 1.71. The molecule has 2 N–H and O–H groups in total. The SMILES string of the molecule is Cc1cc(O)ccc1NS(=O)(=O)CBr. The Balaban J connectivity index is 2.99. The molecule has 1 rings (SSSR count). The normalized spacial score (nSPS) is 11.3. The number of nitrogens with one attached hydrogen (secondary N) is 1. The Morgan fingerprint density at radius 2 is 2.14 bits per heavy atom. The average Bonchev–Trinajstić information content (AvgIpc) is 2.10. The molecule has 14 heavy (non-hydrogen) atoms. The highest BCUT2D eigenvalue weighted by Gasteiger charge is 2.09. The van der Waals surface area contributed by atoms with E-state index in [1.54, 1.807) is 6.92 Å². The maximum absolute atomic E-state index is 11.2. The maximum atomic E-state index is 11.2. The van der Waals surface area contributed by atoms with Crippen LogP contribution < -0.4 is 4.72 Å². The lowest BCUT2D eigenvalue weighted by molar-refractivity contribution is 0.475. The van der Waals surface area contributed by atoms with Crippen LogP contribution in [0.15, 0.2) is 18.2 Å². The Morgan fingerprint density at radius 3 is 2.64 bits per heavy atom. The highest BCUT2D eigenvalue weighted by atomic mass is 79.9. The summed E-state index contributed by atoms with van der Waals surface area (Å²) in [6, 6.07) is 4.44. The monoisotopic (exact) mass is 279 g/mol. The molecule has 0 aliphatic rings. The minimum absolute atomic E-state index is 0.115. The molecule has 1 aromatic carbocycles. The molecule has 0 heterocycles. The van der Waals surface area contributed by atoms with Crippen molar-refractivity contribution in [3.63, 3.8) is 0 Å². The first kappa shape index (κ1) is 11.3. The number of rotatable bonds is 3. The van der Waals surface area contributed by atoms with E-state index < -0.39 is 10.0 Å². The van der Waals surface area contributed by atoms with Crippen LogP contribution in [0.1, 0.15) is 5.56 Å². The Kier molecular flexibility index (Phi) is 3.38. The molecule has 0 aliphatic heterocycles. The van der Waals surface area contributed by atoms with Gasteiger partial charge in [0.1, 0.15) is 10.4 Å². The van der Waals surface area contributed by atoms with Crippen LogP contribution >= 0.6 is 15.9 Å². The summed E-state index contributed by atoms with van der Waals surface area (Å²) in [5.41, 5.74) is 1.15. The third-order valence-corrected chi connectivity index (χ3v) is 4.25. The number of aromatic hydroxyl groups is 1. The van der Waals surface area contributed by atoms with Gasteiger partial charge in [-0.2, -0.15) is 0 Å². The highest BCUT2D eigenvalue weighted by molar-refractivity contribution is 9.10. The van der Waals surface area contributed by atoms with Crippen molar-refractivity contribution in [3.05, 3.63) is 23.8 Å². The molecule has 0 aromatic heterocycles. The van der Waals surface area contributed by atoms with Crippen molar-refractivity contribution in [1.29, 1.82) is 0 Å². The lowest BCUT2D eigenvalue weighted by Gasteiger charge is -2.08. The van der Waals surface area contributed by atoms with Gasteiger partial charge in [0.05, 0.1) is 5.69 Å². The fourth-order valence-electron chi connectivity index (χ4n) is 0.957. The molecule has 0 unspecified atom stereocenters. The van der Waals surface area contributed by atoms with Crippen LogP contribution in [0, 0.1) is 6.92 Å². The first-order valence-electron chi connectivity index (χ1n) is 3.81. The lowest BCUT2D eigenvalue weighted by atomic mass is 10.2. The number of anilines is 1. The number of phenols is 1. The molecule has 0 radical (unpaired) electrons. The molecule has 0 spiro atoms. The Hall–Kier alpha value is -0.750. The van der Waals surface area contributed by atoms with Crippen LogP contribution in [0.25, 0.3) is 0 Å². The Labute approximate surface area is 91.1 Å². The van der Waals surface area contributed by atoms with Gasteiger partial charge in [0.25, 0.3) is 0 Å². The van der Waals surface area contributed by atoms with Gasteiger partial charge in [0.2, 0.25) is 10.0 Å². The van der Waals surface area contributed by atoms with E-state index >= 15 is 0 Å². The predicted octanol–water partition coefficient (Wildman–Crippen LogP) is 1.79. The number of halogens is 1. The van der Waals surface area contributed by atoms with Crippen LogP contribution in [0.5, 0.6) is 5.75 Å². The molecule has 0 saturated carbocycles. The number of aryl methyl sites for hydroxylation is 1. The molecule has 0 bridgehead atoms. The minimum Gasteiger partial charge on any atom is -0.508 e. The summed E-state index contributed by atoms with van der Waals surface area (Å²) in [7, 11) is -3.32. The molecular weight excluding hydrogens is 270 g/mol. The van der Waals surface area contributed by atoms with E-state index in [2.05, 4.69) is 20.7 Å². The summed E-state index contributed by atoms with van der Waals surface area (Å²) >= 11 is 2.87. The van der Waals surface area contributed by atoms with Crippen LogP contribution in [-0.2, 0) is 10.0 Å². The topological polar surface area (TPSA) is 66.4 Å². The Morgan fingerprint density at radius 1 is 1.50 bits per heavy atom. The number of sulfonamides is 1. The first-order chi connectivity index (χ1) is 6.44. The quantitative estimate of drug-likeness (QED) is 0.655. The summed E-state index contributed by atoms with van der Waals surface area (Å²) in [5, 5.41) is 9.11. The zero-order valence-corrected chi connectivity index (χ0v) is 9.89. The number of benzene rings is 1. The largest absolute Gasteiger partial charge is 0.508 e. The second-order valence-corrected chi connectivity index (χ2v) is 5.85. The standard InChI is InChI=1S/C8H10BrNO3S/c1-6-4-7(11)2-3-8(6)10-14(12,13)5-9/h2-4,10-11H,5H2,1H3. The average molecular weight is 280 g/mol. The second kappa shape index (κ2) is 4.18. The highest BCUT2D eigenvalue weighted by Crippen LogP contribution is 2.21. The molecule has 0 aliphatic carbocycles. The van der Waals surface area contributed by atoms with Gasteiger partial charge in [-0.3, -0.25) is 4.72 Å². The maximum Gasteiger partial charge on any atom is 0.242 e. The van der Waals surface area contributed by atoms with Crippen LogP contribution in [-0.4, -0.2) is 18.2 Å². The third kappa shape index (κ3) is 2.88. The number of phenolic OH excluding ortho intramolecular Hbond substituents is 1. The van der Waals surface area contributed by atoms with Crippen molar-refractivity contribution in [1.82, 2.24) is 0 Å². The zero-order chi connectivity index (χ0) is 10.8. The smallest absolute Gasteiger partial charge is 0.242 e. The van der Waals surface area contributed by atoms with Crippen molar-refractivity contribution >= 4 is 31.6 Å². The zero-order valence-electron chi connectivity index (χ0n) is 7.49. The molecule has 4 nitrogen and oxygen atoms in total. The van der Waals surface area contributed by atoms with E-state index in [0.717, 1.165) is 0 Å². The van der Waals surface area contributed by atoms with E-state index in [1.165, 1.54) is 18.2 Å². The fourth-order valence-corrected chi connectivity index (χ4v) is 1.92. The second-order valence-electron chi connectivity index (χ2n) is 2.83. The van der Waals surface area contributed by atoms with E-state index in [9.17, 15) is 8.42 Å². The third-order valence-electron chi connectivity index (χ3n) is 1.62. The number of hydrogen-bond acceptors (Lipinski definition) is 3. The van der Waals surface area contributed by atoms with E-state index in [0.29, 0.717) is 11.3 Å². The molecule has 78 valence electrons. The molecule has 6 heteroatoms. The first-order valence-corrected chi connectivity index (χ1v) is 6.58. The molecule has 0 fully saturated rings. The molecule has 1 aromatic rings. The Bertz CT molecular complexity index is 430. The van der Waals surface area contributed by atoms with Gasteiger partial charge in [-0.1, -0.05) is 15.9 Å². The minimum atomic E-state index is -3.32. The van der Waals surface area contributed by atoms with Crippen molar-refractivity contribution in [2.75, 3.05) is 9.38 Å². The predicted molar refractivity (Wildman–Crippen MR) is 59.2 cm³/mol. The van der Waals surface area contributed by atoms with Crippen molar-refractivity contribution in [2.24, 2.45) is 0 Å². The van der Waals surface area contributed by atoms with Gasteiger partial charge in [0, 0.05) is 0 Å². The summed E-state index contributed by atoms with van der Waals surface area (Å²) in [5.74, 6) is 0.115. The van der Waals surface area contributed by atoms with Gasteiger partial charge in [-0.15, -0.1) is 0 Å². The molecule has 0 saturated heterocycles. The van der Waals surface area contributed by atoms with E-state index in [1.807, 2.05) is 0 Å². The van der Waals surface area contributed by atoms with Crippen molar-refractivity contribution < 1.29 is 13.5 Å². The van der Waals surface area contributed by atoms with Crippen molar-refractivity contribution in [3.8, 4) is 5.75 Å². The summed E-state index contributed by atoms with van der Waals surface area (Å²) in [4.78, 5) is 0. The van der Waals surface area contributed by atoms with E-state index in [4.69, 9.17) is 5.11 Å². The van der Waals surface area contributed by atoms with Gasteiger partial charge in [-0.25, -0.2) is 8.42 Å². The van der Waals surface area contributed by atoms with Gasteiger partial charge < -0.3 is 5.11 Å². The fraction of sp³-hybridized carbons (Fsp3) is 0.250. The van der Waals surface area contributed by atoms with Gasteiger partial charge in [0.15, 0.2) is 0 Å². The molecular formula is C8H10BrNO3S. The van der Waals surface area contributed by atoms with Crippen LogP contribution in [0.2, 0.25) is 0 Å². The summed E-state index contributed by atoms with van der Waals surface area (Å²) in [6.07, 6.45) is 0. The lowest BCUT2D eigenvalue weighted by Crippen LogP contribution is -2.13. The van der Waals surface area contributed by atoms with E-state index in [-0.39, 0.29) is 10.4 Å². The molecule has 0 atom stereocenters. The van der Waals surface area contributed by atoms with Gasteiger partial charge in [-0.05, 0) is 30.7 Å². The van der Waals surface area contributed by atoms with Crippen molar-refractivity contribution in [2.45, 2.75) is 6.92 Å². The molecule has 0 amide bonds.